The average Bonchev–Trinajstić information content (AvgIpc) is 2.67. The topological polar surface area (TPSA) is 52.6 Å². The van der Waals surface area contributed by atoms with Crippen molar-refractivity contribution in [2.45, 2.75) is 124 Å². The second-order valence-electron chi connectivity index (χ2n) is 8.87. The molecule has 0 aromatic carbocycles. The van der Waals surface area contributed by atoms with E-state index in [-0.39, 0.29) is 17.4 Å². The third-order valence-corrected chi connectivity index (χ3v) is 4.97. The van der Waals surface area contributed by atoms with Crippen molar-refractivity contribution in [1.29, 1.82) is 0 Å². The van der Waals surface area contributed by atoms with Crippen molar-refractivity contribution >= 4 is 11.9 Å². The van der Waals surface area contributed by atoms with E-state index in [4.69, 9.17) is 9.47 Å². The minimum atomic E-state index is -0.341. The fraction of sp³-hybridized carbons (Fsp3) is 0.917. The number of esters is 2. The Bertz CT molecular complexity index is 390. The maximum absolute atomic E-state index is 11.9. The highest BCUT2D eigenvalue weighted by Gasteiger charge is 2.22. The number of ether oxygens (including phenoxy) is 2. The Morgan fingerprint density at radius 2 is 0.893 bits per heavy atom. The highest BCUT2D eigenvalue weighted by Crippen LogP contribution is 2.18. The maximum Gasteiger partial charge on any atom is 0.305 e. The van der Waals surface area contributed by atoms with Crippen molar-refractivity contribution in [3.8, 4) is 0 Å². The van der Waals surface area contributed by atoms with Crippen molar-refractivity contribution in [1.82, 2.24) is 0 Å². The highest BCUT2D eigenvalue weighted by molar-refractivity contribution is 5.69. The standard InChI is InChI=1S/C24H46O4/c1-5-7-9-11-13-15-17-19-23(26)28-21-24(3,4)20-27-22(25)18-16-14-12-10-8-6-2/h5-21H2,1-4H3. The molecule has 0 spiro atoms. The molecule has 0 rings (SSSR count). The van der Waals surface area contributed by atoms with Gasteiger partial charge >= 0.3 is 11.9 Å². The van der Waals surface area contributed by atoms with Crippen LogP contribution < -0.4 is 0 Å². The summed E-state index contributed by atoms with van der Waals surface area (Å²) in [6, 6.07) is 0. The van der Waals surface area contributed by atoms with Crippen LogP contribution in [0, 0.1) is 5.41 Å². The smallest absolute Gasteiger partial charge is 0.305 e. The highest BCUT2D eigenvalue weighted by atomic mass is 16.5. The van der Waals surface area contributed by atoms with E-state index in [1.165, 1.54) is 57.8 Å². The number of carbonyl (C=O) groups excluding carboxylic acids is 2. The Morgan fingerprint density at radius 1 is 0.571 bits per heavy atom. The minimum Gasteiger partial charge on any atom is -0.465 e. The van der Waals surface area contributed by atoms with Gasteiger partial charge in [0.05, 0.1) is 13.2 Å². The summed E-state index contributed by atoms with van der Waals surface area (Å²) in [5.74, 6) is -0.280. The zero-order chi connectivity index (χ0) is 21.1. The minimum absolute atomic E-state index is 0.139. The first-order valence-electron chi connectivity index (χ1n) is 11.7. The van der Waals surface area contributed by atoms with Crippen LogP contribution in [0.1, 0.15) is 124 Å². The molecule has 0 aromatic rings. The zero-order valence-electron chi connectivity index (χ0n) is 19.2. The second-order valence-corrected chi connectivity index (χ2v) is 8.87. The molecule has 0 heterocycles. The normalized spacial score (nSPS) is 11.4. The van der Waals surface area contributed by atoms with E-state index >= 15 is 0 Å². The molecule has 166 valence electrons. The molecule has 4 nitrogen and oxygen atoms in total. The molecule has 0 aliphatic carbocycles. The predicted molar refractivity (Wildman–Crippen MR) is 116 cm³/mol. The molecule has 0 saturated heterocycles. The van der Waals surface area contributed by atoms with Gasteiger partial charge in [-0.05, 0) is 12.8 Å². The monoisotopic (exact) mass is 398 g/mol. The molecule has 0 aliphatic heterocycles. The van der Waals surface area contributed by atoms with Crippen LogP contribution >= 0.6 is 0 Å². The van der Waals surface area contributed by atoms with Gasteiger partial charge in [-0.3, -0.25) is 9.59 Å². The van der Waals surface area contributed by atoms with Crippen LogP contribution in [0.4, 0.5) is 0 Å². The lowest BCUT2D eigenvalue weighted by molar-refractivity contribution is -0.152. The predicted octanol–water partition coefficient (Wildman–Crippen LogP) is 6.99. The summed E-state index contributed by atoms with van der Waals surface area (Å²) in [6.07, 6.45) is 16.3. The number of unbranched alkanes of at least 4 members (excludes halogenated alkanes) is 11. The van der Waals surface area contributed by atoms with Gasteiger partial charge in [-0.1, -0.05) is 98.3 Å². The molecule has 0 atom stereocenters. The van der Waals surface area contributed by atoms with Crippen LogP contribution in [0.5, 0.6) is 0 Å². The third kappa shape index (κ3) is 18.3. The van der Waals surface area contributed by atoms with Crippen LogP contribution in [0.15, 0.2) is 0 Å². The van der Waals surface area contributed by atoms with Crippen molar-refractivity contribution in [3.05, 3.63) is 0 Å². The van der Waals surface area contributed by atoms with Gasteiger partial charge in [0.2, 0.25) is 0 Å². The van der Waals surface area contributed by atoms with Crippen LogP contribution in [0.3, 0.4) is 0 Å². The number of hydrogen-bond donors (Lipinski definition) is 0. The summed E-state index contributed by atoms with van der Waals surface area (Å²) < 4.78 is 10.8. The molecule has 0 aromatic heterocycles. The van der Waals surface area contributed by atoms with Crippen LogP contribution in [-0.2, 0) is 19.1 Å². The van der Waals surface area contributed by atoms with E-state index in [1.54, 1.807) is 0 Å². The first-order chi connectivity index (χ1) is 13.4. The van der Waals surface area contributed by atoms with E-state index in [0.29, 0.717) is 26.1 Å². The Balaban J connectivity index is 3.69. The molecule has 0 amide bonds. The molecule has 0 unspecified atom stereocenters. The largest absolute Gasteiger partial charge is 0.465 e. The van der Waals surface area contributed by atoms with Crippen LogP contribution in [0.25, 0.3) is 0 Å². The van der Waals surface area contributed by atoms with E-state index in [1.807, 2.05) is 13.8 Å². The van der Waals surface area contributed by atoms with E-state index in [0.717, 1.165) is 25.7 Å². The molecular weight excluding hydrogens is 352 g/mol. The number of carbonyl (C=O) groups is 2. The Labute approximate surface area is 174 Å². The van der Waals surface area contributed by atoms with Gasteiger partial charge in [-0.2, -0.15) is 0 Å². The fourth-order valence-corrected chi connectivity index (χ4v) is 3.01. The summed E-state index contributed by atoms with van der Waals surface area (Å²) in [5, 5.41) is 0. The summed E-state index contributed by atoms with van der Waals surface area (Å²) in [6.45, 7) is 8.94. The van der Waals surface area contributed by atoms with Gasteiger partial charge in [0.15, 0.2) is 0 Å². The summed E-state index contributed by atoms with van der Waals surface area (Å²) >= 11 is 0. The lowest BCUT2D eigenvalue weighted by atomic mass is 9.96. The first-order valence-corrected chi connectivity index (χ1v) is 11.7. The average molecular weight is 399 g/mol. The summed E-state index contributed by atoms with van der Waals surface area (Å²) in [4.78, 5) is 23.7. The fourth-order valence-electron chi connectivity index (χ4n) is 3.01. The Hall–Kier alpha value is -1.06. The van der Waals surface area contributed by atoms with Gasteiger partial charge in [-0.25, -0.2) is 0 Å². The van der Waals surface area contributed by atoms with Gasteiger partial charge in [-0.15, -0.1) is 0 Å². The molecule has 28 heavy (non-hydrogen) atoms. The van der Waals surface area contributed by atoms with E-state index in [9.17, 15) is 9.59 Å². The molecule has 0 bridgehead atoms. The van der Waals surface area contributed by atoms with Crippen molar-refractivity contribution < 1.29 is 19.1 Å². The zero-order valence-corrected chi connectivity index (χ0v) is 19.2. The SMILES string of the molecule is CCCCCCCCCC(=O)OCC(C)(C)COC(=O)CCCCCCCC. The molecular formula is C24H46O4. The van der Waals surface area contributed by atoms with Crippen LogP contribution in [-0.4, -0.2) is 25.2 Å². The van der Waals surface area contributed by atoms with Gasteiger partial charge in [0.1, 0.15) is 0 Å². The van der Waals surface area contributed by atoms with Crippen molar-refractivity contribution in [3.63, 3.8) is 0 Å². The lowest BCUT2D eigenvalue weighted by Crippen LogP contribution is -2.28. The molecule has 0 N–H and O–H groups in total. The molecule has 0 radical (unpaired) electrons. The molecule has 0 aliphatic rings. The van der Waals surface area contributed by atoms with Gasteiger partial charge in [0, 0.05) is 18.3 Å². The van der Waals surface area contributed by atoms with Gasteiger partial charge < -0.3 is 9.47 Å². The van der Waals surface area contributed by atoms with E-state index in [2.05, 4.69) is 13.8 Å². The Kier molecular flexibility index (Phi) is 17.3. The third-order valence-electron chi connectivity index (χ3n) is 4.97. The molecule has 4 heteroatoms. The Morgan fingerprint density at radius 3 is 1.25 bits per heavy atom. The number of hydrogen-bond acceptors (Lipinski definition) is 4. The first kappa shape index (κ1) is 26.9. The van der Waals surface area contributed by atoms with E-state index < -0.39 is 0 Å². The summed E-state index contributed by atoms with van der Waals surface area (Å²) in [5.41, 5.74) is -0.341. The van der Waals surface area contributed by atoms with Crippen molar-refractivity contribution in [2.75, 3.05) is 13.2 Å². The van der Waals surface area contributed by atoms with Crippen molar-refractivity contribution in [2.24, 2.45) is 5.41 Å². The molecule has 0 saturated carbocycles. The lowest BCUT2D eigenvalue weighted by Gasteiger charge is -2.23. The maximum atomic E-state index is 11.9. The second kappa shape index (κ2) is 18.0. The van der Waals surface area contributed by atoms with Crippen LogP contribution in [0.2, 0.25) is 0 Å². The quantitative estimate of drug-likeness (QED) is 0.174. The number of rotatable bonds is 19. The molecule has 0 fully saturated rings. The van der Waals surface area contributed by atoms with Gasteiger partial charge in [0.25, 0.3) is 0 Å². The summed E-state index contributed by atoms with van der Waals surface area (Å²) in [7, 11) is 0.